The van der Waals surface area contributed by atoms with Crippen LogP contribution in [0.2, 0.25) is 0 Å². The molecule has 3 N–H and O–H groups in total. The Kier molecular flexibility index (Phi) is 6.19. The standard InChI is InChI=1S/C14H19N3O4/c1-3-17(4-2)12(18)9-15-14(21)16-11-7-5-10(6-8-11)13(19)20/h5-8H,3-4,9H2,1-2H3,(H,19,20)(H2,15,16,21). The summed E-state index contributed by atoms with van der Waals surface area (Å²) < 4.78 is 0. The lowest BCUT2D eigenvalue weighted by molar-refractivity contribution is -0.129. The quantitative estimate of drug-likeness (QED) is 0.737. The molecule has 1 aromatic carbocycles. The van der Waals surface area contributed by atoms with E-state index < -0.39 is 12.0 Å². The van der Waals surface area contributed by atoms with Gasteiger partial charge in [-0.2, -0.15) is 0 Å². The predicted octanol–water partition coefficient (Wildman–Crippen LogP) is 1.37. The first-order chi connectivity index (χ1) is 9.97. The molecule has 0 saturated carbocycles. The second-order valence-corrected chi connectivity index (χ2v) is 4.26. The summed E-state index contributed by atoms with van der Waals surface area (Å²) in [6.45, 7) is 4.84. The number of carboxylic acids is 1. The number of hydrogen-bond acceptors (Lipinski definition) is 3. The van der Waals surface area contributed by atoms with Gasteiger partial charge in [0.25, 0.3) is 0 Å². The molecule has 0 saturated heterocycles. The minimum Gasteiger partial charge on any atom is -0.478 e. The predicted molar refractivity (Wildman–Crippen MR) is 78.4 cm³/mol. The van der Waals surface area contributed by atoms with E-state index in [0.717, 1.165) is 0 Å². The summed E-state index contributed by atoms with van der Waals surface area (Å²) in [6.07, 6.45) is 0. The van der Waals surface area contributed by atoms with Gasteiger partial charge in [0.05, 0.1) is 12.1 Å². The molecule has 0 aliphatic heterocycles. The monoisotopic (exact) mass is 293 g/mol. The third kappa shape index (κ3) is 5.13. The Bertz CT molecular complexity index is 509. The minimum atomic E-state index is -1.03. The smallest absolute Gasteiger partial charge is 0.335 e. The van der Waals surface area contributed by atoms with Gasteiger partial charge in [-0.15, -0.1) is 0 Å². The van der Waals surface area contributed by atoms with Crippen LogP contribution in [0.4, 0.5) is 10.5 Å². The van der Waals surface area contributed by atoms with E-state index in [9.17, 15) is 14.4 Å². The summed E-state index contributed by atoms with van der Waals surface area (Å²) in [5, 5.41) is 13.7. The molecule has 0 spiro atoms. The zero-order chi connectivity index (χ0) is 15.8. The molecule has 114 valence electrons. The summed E-state index contributed by atoms with van der Waals surface area (Å²) in [6, 6.07) is 5.22. The van der Waals surface area contributed by atoms with Crippen LogP contribution >= 0.6 is 0 Å². The van der Waals surface area contributed by atoms with Gasteiger partial charge in [-0.1, -0.05) is 0 Å². The SMILES string of the molecule is CCN(CC)C(=O)CNC(=O)Nc1ccc(C(=O)O)cc1. The summed E-state index contributed by atoms with van der Waals surface area (Å²) >= 11 is 0. The number of likely N-dealkylation sites (N-methyl/N-ethyl adjacent to an activating group) is 1. The average molecular weight is 293 g/mol. The van der Waals surface area contributed by atoms with Crippen molar-refractivity contribution in [3.05, 3.63) is 29.8 Å². The van der Waals surface area contributed by atoms with Crippen molar-refractivity contribution < 1.29 is 19.5 Å². The normalized spacial score (nSPS) is 9.81. The van der Waals surface area contributed by atoms with Crippen LogP contribution in [0.15, 0.2) is 24.3 Å². The van der Waals surface area contributed by atoms with Crippen molar-refractivity contribution in [3.63, 3.8) is 0 Å². The van der Waals surface area contributed by atoms with Crippen LogP contribution in [0.1, 0.15) is 24.2 Å². The zero-order valence-corrected chi connectivity index (χ0v) is 12.0. The van der Waals surface area contributed by atoms with Crippen molar-refractivity contribution >= 4 is 23.6 Å². The van der Waals surface area contributed by atoms with Crippen LogP contribution in [0.5, 0.6) is 0 Å². The summed E-state index contributed by atoms with van der Waals surface area (Å²) in [5.41, 5.74) is 0.588. The van der Waals surface area contributed by atoms with E-state index in [2.05, 4.69) is 10.6 Å². The highest BCUT2D eigenvalue weighted by Gasteiger charge is 2.11. The highest BCUT2D eigenvalue weighted by Crippen LogP contribution is 2.09. The maximum atomic E-state index is 11.7. The van der Waals surface area contributed by atoms with Gasteiger partial charge >= 0.3 is 12.0 Å². The number of rotatable bonds is 6. The third-order valence-corrected chi connectivity index (χ3v) is 2.91. The Balaban J connectivity index is 2.47. The van der Waals surface area contributed by atoms with Crippen LogP contribution in [-0.4, -0.2) is 47.5 Å². The lowest BCUT2D eigenvalue weighted by Crippen LogP contribution is -2.41. The van der Waals surface area contributed by atoms with Gasteiger partial charge in [-0.05, 0) is 38.1 Å². The van der Waals surface area contributed by atoms with E-state index in [4.69, 9.17) is 5.11 Å². The van der Waals surface area contributed by atoms with Gasteiger partial charge in [-0.3, -0.25) is 4.79 Å². The third-order valence-electron chi connectivity index (χ3n) is 2.91. The molecule has 7 nitrogen and oxygen atoms in total. The number of urea groups is 1. The number of anilines is 1. The molecule has 21 heavy (non-hydrogen) atoms. The molecule has 1 rings (SSSR count). The number of nitrogens with zero attached hydrogens (tertiary/aromatic N) is 1. The fourth-order valence-electron chi connectivity index (χ4n) is 1.72. The Morgan fingerprint density at radius 3 is 2.14 bits per heavy atom. The zero-order valence-electron chi connectivity index (χ0n) is 12.0. The molecule has 0 bridgehead atoms. The molecule has 0 heterocycles. The van der Waals surface area contributed by atoms with Crippen molar-refractivity contribution in [3.8, 4) is 0 Å². The summed E-state index contributed by atoms with van der Waals surface area (Å²) in [7, 11) is 0. The second-order valence-electron chi connectivity index (χ2n) is 4.26. The molecule has 0 unspecified atom stereocenters. The van der Waals surface area contributed by atoms with Crippen LogP contribution in [0.3, 0.4) is 0 Å². The molecule has 1 aromatic rings. The summed E-state index contributed by atoms with van der Waals surface area (Å²) in [5.74, 6) is -1.19. The number of carbonyl (C=O) groups excluding carboxylic acids is 2. The number of carboxylic acid groups (broad SMARTS) is 1. The van der Waals surface area contributed by atoms with E-state index in [1.165, 1.54) is 24.3 Å². The van der Waals surface area contributed by atoms with Crippen LogP contribution in [0, 0.1) is 0 Å². The number of benzene rings is 1. The number of hydrogen-bond donors (Lipinski definition) is 3. The maximum absolute atomic E-state index is 11.7. The lowest BCUT2D eigenvalue weighted by atomic mass is 10.2. The van der Waals surface area contributed by atoms with Crippen molar-refractivity contribution in [2.45, 2.75) is 13.8 Å². The maximum Gasteiger partial charge on any atom is 0.335 e. The molecule has 0 aliphatic carbocycles. The topological polar surface area (TPSA) is 98.7 Å². The molecule has 0 fully saturated rings. The number of aromatic carboxylic acids is 1. The second kappa shape index (κ2) is 7.88. The van der Waals surface area contributed by atoms with Gasteiger partial charge in [0.1, 0.15) is 0 Å². The van der Waals surface area contributed by atoms with Crippen LogP contribution < -0.4 is 10.6 Å². The number of carbonyl (C=O) groups is 3. The van der Waals surface area contributed by atoms with Crippen molar-refractivity contribution in [1.29, 1.82) is 0 Å². The fourth-order valence-corrected chi connectivity index (χ4v) is 1.72. The van der Waals surface area contributed by atoms with Gasteiger partial charge in [0.15, 0.2) is 0 Å². The van der Waals surface area contributed by atoms with E-state index in [-0.39, 0.29) is 18.0 Å². The number of nitrogens with one attached hydrogen (secondary N) is 2. The highest BCUT2D eigenvalue weighted by atomic mass is 16.4. The van der Waals surface area contributed by atoms with Gasteiger partial charge in [0, 0.05) is 18.8 Å². The first-order valence-corrected chi connectivity index (χ1v) is 6.63. The van der Waals surface area contributed by atoms with E-state index in [0.29, 0.717) is 18.8 Å². The molecule has 3 amide bonds. The van der Waals surface area contributed by atoms with Crippen LogP contribution in [-0.2, 0) is 4.79 Å². The van der Waals surface area contributed by atoms with E-state index >= 15 is 0 Å². The van der Waals surface area contributed by atoms with E-state index in [1.54, 1.807) is 4.90 Å². The Morgan fingerprint density at radius 2 is 1.67 bits per heavy atom. The average Bonchev–Trinajstić information content (AvgIpc) is 2.47. The van der Waals surface area contributed by atoms with Crippen molar-refractivity contribution in [2.24, 2.45) is 0 Å². The highest BCUT2D eigenvalue weighted by molar-refractivity contribution is 5.93. The Hall–Kier alpha value is -2.57. The first-order valence-electron chi connectivity index (χ1n) is 6.63. The van der Waals surface area contributed by atoms with Crippen LogP contribution in [0.25, 0.3) is 0 Å². The van der Waals surface area contributed by atoms with Gasteiger partial charge in [-0.25, -0.2) is 9.59 Å². The molecule has 0 atom stereocenters. The van der Waals surface area contributed by atoms with Gasteiger partial charge in [0.2, 0.25) is 5.91 Å². The molecule has 7 heteroatoms. The Labute approximate surface area is 122 Å². The lowest BCUT2D eigenvalue weighted by Gasteiger charge is -2.18. The molecule has 0 aliphatic rings. The molecule has 0 aromatic heterocycles. The molecule has 0 radical (unpaired) electrons. The van der Waals surface area contributed by atoms with Gasteiger partial charge < -0.3 is 20.6 Å². The Morgan fingerprint density at radius 1 is 1.10 bits per heavy atom. The summed E-state index contributed by atoms with van der Waals surface area (Å²) in [4.78, 5) is 35.6. The van der Waals surface area contributed by atoms with E-state index in [1.807, 2.05) is 13.8 Å². The fraction of sp³-hybridized carbons (Fsp3) is 0.357. The van der Waals surface area contributed by atoms with Crippen molar-refractivity contribution in [1.82, 2.24) is 10.2 Å². The van der Waals surface area contributed by atoms with Crippen molar-refractivity contribution in [2.75, 3.05) is 25.0 Å². The first kappa shape index (κ1) is 16.5. The minimum absolute atomic E-state index is 0.0826. The largest absolute Gasteiger partial charge is 0.478 e. The number of amides is 3. The molecular weight excluding hydrogens is 274 g/mol. The molecular formula is C14H19N3O4.